The van der Waals surface area contributed by atoms with Crippen molar-refractivity contribution in [1.82, 2.24) is 0 Å². The molecule has 2 rings (SSSR count). The predicted molar refractivity (Wildman–Crippen MR) is 56.1 cm³/mol. The Kier molecular flexibility index (Phi) is 2.42. The van der Waals surface area contributed by atoms with Gasteiger partial charge in [0.15, 0.2) is 5.41 Å². The minimum Gasteiger partial charge on any atom is -0.480 e. The van der Waals surface area contributed by atoms with Crippen LogP contribution in [0.25, 0.3) is 0 Å². The molecule has 0 amide bonds. The van der Waals surface area contributed by atoms with E-state index in [-0.39, 0.29) is 6.42 Å². The van der Waals surface area contributed by atoms with Crippen LogP contribution in [0.5, 0.6) is 0 Å². The summed E-state index contributed by atoms with van der Waals surface area (Å²) < 4.78 is 0. The van der Waals surface area contributed by atoms with Crippen molar-refractivity contribution < 1.29 is 19.8 Å². The molecule has 4 heteroatoms. The number of carboxylic acids is 2. The van der Waals surface area contributed by atoms with E-state index < -0.39 is 23.3 Å². The first-order chi connectivity index (χ1) is 7.59. The lowest BCUT2D eigenvalue weighted by Gasteiger charge is -2.42. The molecule has 0 saturated heterocycles. The first kappa shape index (κ1) is 10.7. The van der Waals surface area contributed by atoms with Gasteiger partial charge in [0.25, 0.3) is 0 Å². The number of aliphatic carboxylic acids is 2. The summed E-state index contributed by atoms with van der Waals surface area (Å²) in [7, 11) is 0. The van der Waals surface area contributed by atoms with Crippen LogP contribution in [0.2, 0.25) is 0 Å². The fraction of sp³-hybridized carbons (Fsp3) is 0.333. The molecule has 1 saturated carbocycles. The van der Waals surface area contributed by atoms with Crippen LogP contribution in [0, 0.1) is 5.41 Å². The minimum atomic E-state index is -1.62. The highest BCUT2D eigenvalue weighted by Gasteiger charge is 2.59. The average molecular weight is 220 g/mol. The van der Waals surface area contributed by atoms with Gasteiger partial charge in [-0.3, -0.25) is 9.59 Å². The molecule has 1 aliphatic carbocycles. The van der Waals surface area contributed by atoms with E-state index in [1.54, 1.807) is 24.3 Å². The maximum Gasteiger partial charge on any atom is 0.321 e. The molecule has 0 aromatic heterocycles. The lowest BCUT2D eigenvalue weighted by atomic mass is 9.57. The van der Waals surface area contributed by atoms with Crippen LogP contribution in [0.1, 0.15) is 24.3 Å². The van der Waals surface area contributed by atoms with Gasteiger partial charge in [0, 0.05) is 5.92 Å². The molecule has 0 unspecified atom stereocenters. The van der Waals surface area contributed by atoms with Crippen molar-refractivity contribution >= 4 is 11.9 Å². The van der Waals surface area contributed by atoms with Gasteiger partial charge in [-0.05, 0) is 18.4 Å². The number of rotatable bonds is 3. The maximum atomic E-state index is 11.1. The first-order valence-corrected chi connectivity index (χ1v) is 5.11. The van der Waals surface area contributed by atoms with Crippen LogP contribution in [0.3, 0.4) is 0 Å². The Morgan fingerprint density at radius 2 is 1.69 bits per heavy atom. The summed E-state index contributed by atoms with van der Waals surface area (Å²) in [6.07, 6.45) is 0.819. The van der Waals surface area contributed by atoms with E-state index in [0.29, 0.717) is 6.42 Å². The molecule has 0 spiro atoms. The number of carboxylic acid groups (broad SMARTS) is 2. The second-order valence-corrected chi connectivity index (χ2v) is 4.08. The zero-order valence-corrected chi connectivity index (χ0v) is 8.59. The quantitative estimate of drug-likeness (QED) is 0.760. The number of hydrogen-bond donors (Lipinski definition) is 2. The number of hydrogen-bond acceptors (Lipinski definition) is 2. The third-order valence-corrected chi connectivity index (χ3v) is 3.39. The number of benzene rings is 1. The van der Waals surface area contributed by atoms with E-state index in [1.807, 2.05) is 6.07 Å². The Morgan fingerprint density at radius 1 is 1.12 bits per heavy atom. The second-order valence-electron chi connectivity index (χ2n) is 4.08. The Morgan fingerprint density at radius 3 is 2.06 bits per heavy atom. The van der Waals surface area contributed by atoms with Crippen molar-refractivity contribution in [2.24, 2.45) is 5.41 Å². The van der Waals surface area contributed by atoms with Gasteiger partial charge >= 0.3 is 11.9 Å². The summed E-state index contributed by atoms with van der Waals surface area (Å²) in [6, 6.07) is 8.98. The van der Waals surface area contributed by atoms with Crippen molar-refractivity contribution in [2.75, 3.05) is 0 Å². The highest BCUT2D eigenvalue weighted by molar-refractivity contribution is 6.00. The van der Waals surface area contributed by atoms with Gasteiger partial charge in [0.05, 0.1) is 0 Å². The molecule has 0 radical (unpaired) electrons. The van der Waals surface area contributed by atoms with E-state index in [0.717, 1.165) is 5.56 Å². The smallest absolute Gasteiger partial charge is 0.321 e. The Balaban J connectivity index is 2.38. The molecule has 1 aromatic carbocycles. The highest BCUT2D eigenvalue weighted by atomic mass is 16.4. The van der Waals surface area contributed by atoms with Crippen LogP contribution < -0.4 is 0 Å². The molecule has 84 valence electrons. The van der Waals surface area contributed by atoms with Gasteiger partial charge < -0.3 is 10.2 Å². The summed E-state index contributed by atoms with van der Waals surface area (Å²) in [6.45, 7) is 0. The summed E-state index contributed by atoms with van der Waals surface area (Å²) in [5.74, 6) is -2.89. The van der Waals surface area contributed by atoms with E-state index in [2.05, 4.69) is 0 Å². The van der Waals surface area contributed by atoms with Gasteiger partial charge in [0.1, 0.15) is 0 Å². The zero-order valence-electron chi connectivity index (χ0n) is 8.59. The lowest BCUT2D eigenvalue weighted by molar-refractivity contribution is -0.174. The van der Waals surface area contributed by atoms with Crippen molar-refractivity contribution in [3.05, 3.63) is 35.9 Å². The van der Waals surface area contributed by atoms with Gasteiger partial charge in [-0.1, -0.05) is 30.3 Å². The van der Waals surface area contributed by atoms with Crippen LogP contribution in [0.15, 0.2) is 30.3 Å². The number of carbonyl (C=O) groups is 2. The molecular weight excluding hydrogens is 208 g/mol. The predicted octanol–water partition coefficient (Wildman–Crippen LogP) is 1.72. The topological polar surface area (TPSA) is 74.6 Å². The lowest BCUT2D eigenvalue weighted by Crippen LogP contribution is -2.51. The Labute approximate surface area is 92.5 Å². The zero-order chi connectivity index (χ0) is 11.8. The van der Waals surface area contributed by atoms with Gasteiger partial charge in [0.2, 0.25) is 0 Å². The molecular formula is C12H12O4. The SMILES string of the molecule is O=C(O)C1(C(=O)O)CC[C@H]1c1ccccc1. The minimum absolute atomic E-state index is 0.206. The maximum absolute atomic E-state index is 11.1. The molecule has 0 heterocycles. The second kappa shape index (κ2) is 3.63. The third-order valence-electron chi connectivity index (χ3n) is 3.39. The first-order valence-electron chi connectivity index (χ1n) is 5.11. The van der Waals surface area contributed by atoms with E-state index in [1.165, 1.54) is 0 Å². The molecule has 0 bridgehead atoms. The van der Waals surface area contributed by atoms with E-state index in [9.17, 15) is 9.59 Å². The normalized spacial score (nSPS) is 22.1. The molecule has 1 aromatic rings. The van der Waals surface area contributed by atoms with Crippen molar-refractivity contribution in [3.8, 4) is 0 Å². The Hall–Kier alpha value is -1.84. The van der Waals surface area contributed by atoms with Gasteiger partial charge in [-0.15, -0.1) is 0 Å². The van der Waals surface area contributed by atoms with Crippen LogP contribution in [-0.2, 0) is 9.59 Å². The third kappa shape index (κ3) is 1.30. The summed E-state index contributed by atoms with van der Waals surface area (Å²) in [5.41, 5.74) is -0.833. The summed E-state index contributed by atoms with van der Waals surface area (Å²) in [4.78, 5) is 22.3. The summed E-state index contributed by atoms with van der Waals surface area (Å²) in [5, 5.41) is 18.2. The van der Waals surface area contributed by atoms with Crippen LogP contribution in [0.4, 0.5) is 0 Å². The molecule has 16 heavy (non-hydrogen) atoms. The van der Waals surface area contributed by atoms with Crippen molar-refractivity contribution in [2.45, 2.75) is 18.8 Å². The molecule has 1 fully saturated rings. The highest BCUT2D eigenvalue weighted by Crippen LogP contribution is 2.53. The molecule has 1 aliphatic rings. The molecule has 2 N–H and O–H groups in total. The van der Waals surface area contributed by atoms with Gasteiger partial charge in [-0.2, -0.15) is 0 Å². The standard InChI is InChI=1S/C12H12O4/c13-10(14)12(11(15)16)7-6-9(12)8-4-2-1-3-5-8/h1-5,9H,6-7H2,(H,13,14)(H,15,16)/t9-/m0/s1. The summed E-state index contributed by atoms with van der Waals surface area (Å²) >= 11 is 0. The van der Waals surface area contributed by atoms with Crippen molar-refractivity contribution in [3.63, 3.8) is 0 Å². The average Bonchev–Trinajstić information content (AvgIpc) is 2.16. The Bertz CT molecular complexity index is 410. The van der Waals surface area contributed by atoms with Crippen molar-refractivity contribution in [1.29, 1.82) is 0 Å². The molecule has 4 nitrogen and oxygen atoms in total. The fourth-order valence-corrected chi connectivity index (χ4v) is 2.32. The largest absolute Gasteiger partial charge is 0.480 e. The van der Waals surface area contributed by atoms with E-state index in [4.69, 9.17) is 10.2 Å². The van der Waals surface area contributed by atoms with E-state index >= 15 is 0 Å². The molecule has 1 atom stereocenters. The van der Waals surface area contributed by atoms with Gasteiger partial charge in [-0.25, -0.2) is 0 Å². The fourth-order valence-electron chi connectivity index (χ4n) is 2.32. The monoisotopic (exact) mass is 220 g/mol. The van der Waals surface area contributed by atoms with Crippen LogP contribution in [-0.4, -0.2) is 22.2 Å². The molecule has 0 aliphatic heterocycles. The van der Waals surface area contributed by atoms with Crippen LogP contribution >= 0.6 is 0 Å².